The maximum atomic E-state index is 13.5. The van der Waals surface area contributed by atoms with Crippen molar-refractivity contribution in [2.45, 2.75) is 6.18 Å². The van der Waals surface area contributed by atoms with Crippen molar-refractivity contribution in [1.29, 1.82) is 0 Å². The van der Waals surface area contributed by atoms with E-state index < -0.39 is 17.6 Å². The molecule has 0 radical (unpaired) electrons. The van der Waals surface area contributed by atoms with Crippen LogP contribution in [0, 0.1) is 5.82 Å². The first-order valence-corrected chi connectivity index (χ1v) is 5.25. The first-order valence-electron chi connectivity index (χ1n) is 4.87. The molecule has 2 aromatic rings. The molecule has 0 aliphatic rings. The zero-order valence-electron chi connectivity index (χ0n) is 8.80. The van der Waals surface area contributed by atoms with E-state index in [0.29, 0.717) is 6.20 Å². The van der Waals surface area contributed by atoms with Gasteiger partial charge < -0.3 is 0 Å². The Kier molecular flexibility index (Phi) is 3.26. The molecule has 0 fully saturated rings. The van der Waals surface area contributed by atoms with Crippen molar-refractivity contribution in [3.8, 4) is 11.1 Å². The van der Waals surface area contributed by atoms with Crippen LogP contribution in [0.25, 0.3) is 11.1 Å². The second kappa shape index (κ2) is 4.57. The van der Waals surface area contributed by atoms with Crippen molar-refractivity contribution < 1.29 is 17.6 Å². The summed E-state index contributed by atoms with van der Waals surface area (Å²) in [5.74, 6) is -0.652. The van der Waals surface area contributed by atoms with Gasteiger partial charge in [0.25, 0.3) is 0 Å². The number of alkyl halides is 3. The molecule has 0 N–H and O–H groups in total. The van der Waals surface area contributed by atoms with Gasteiger partial charge in [-0.1, -0.05) is 29.8 Å². The molecule has 0 atom stereocenters. The van der Waals surface area contributed by atoms with Gasteiger partial charge in [0.05, 0.1) is 5.56 Å². The Morgan fingerprint density at radius 2 is 1.72 bits per heavy atom. The number of aromatic nitrogens is 1. The number of benzene rings is 1. The van der Waals surface area contributed by atoms with Crippen molar-refractivity contribution in [3.63, 3.8) is 0 Å². The van der Waals surface area contributed by atoms with Gasteiger partial charge in [0.1, 0.15) is 11.0 Å². The van der Waals surface area contributed by atoms with Crippen molar-refractivity contribution in [1.82, 2.24) is 4.98 Å². The van der Waals surface area contributed by atoms with Crippen LogP contribution in [0.15, 0.2) is 36.5 Å². The summed E-state index contributed by atoms with van der Waals surface area (Å²) in [6.45, 7) is 0. The van der Waals surface area contributed by atoms with Crippen LogP contribution in [-0.2, 0) is 6.18 Å². The minimum atomic E-state index is -4.54. The molecule has 1 aromatic carbocycles. The van der Waals surface area contributed by atoms with Crippen LogP contribution in [0.1, 0.15) is 5.56 Å². The Balaban J connectivity index is 2.61. The summed E-state index contributed by atoms with van der Waals surface area (Å²) in [5, 5.41) is -0.173. The summed E-state index contributed by atoms with van der Waals surface area (Å²) in [6.07, 6.45) is -3.93. The Hall–Kier alpha value is -1.62. The average molecular weight is 276 g/mol. The molecule has 0 saturated carbocycles. The van der Waals surface area contributed by atoms with E-state index in [0.717, 1.165) is 12.1 Å². The molecular weight excluding hydrogens is 270 g/mol. The zero-order valence-corrected chi connectivity index (χ0v) is 9.56. The highest BCUT2D eigenvalue weighted by Gasteiger charge is 2.31. The van der Waals surface area contributed by atoms with Crippen molar-refractivity contribution in [2.24, 2.45) is 0 Å². The molecule has 18 heavy (non-hydrogen) atoms. The summed E-state index contributed by atoms with van der Waals surface area (Å²) < 4.78 is 51.1. The van der Waals surface area contributed by atoms with Gasteiger partial charge in [0.15, 0.2) is 0 Å². The summed E-state index contributed by atoms with van der Waals surface area (Å²) in [6, 6.07) is 6.22. The highest BCUT2D eigenvalue weighted by Crippen LogP contribution is 2.35. The largest absolute Gasteiger partial charge is 0.417 e. The summed E-state index contributed by atoms with van der Waals surface area (Å²) in [5.41, 5.74) is -1.06. The lowest BCUT2D eigenvalue weighted by Gasteiger charge is -2.10. The van der Waals surface area contributed by atoms with Crippen molar-refractivity contribution in [3.05, 3.63) is 53.1 Å². The number of rotatable bonds is 1. The molecule has 94 valence electrons. The van der Waals surface area contributed by atoms with Crippen LogP contribution in [0.5, 0.6) is 0 Å². The molecule has 0 spiro atoms. The maximum absolute atomic E-state index is 13.5. The van der Waals surface area contributed by atoms with Crippen LogP contribution >= 0.6 is 11.6 Å². The molecule has 0 bridgehead atoms. The zero-order chi connectivity index (χ0) is 13.3. The summed E-state index contributed by atoms with van der Waals surface area (Å²) in [7, 11) is 0. The molecule has 6 heteroatoms. The molecular formula is C12H6ClF4N. The van der Waals surface area contributed by atoms with Crippen LogP contribution in [-0.4, -0.2) is 4.98 Å². The number of hydrogen-bond acceptors (Lipinski definition) is 1. The smallest absolute Gasteiger partial charge is 0.243 e. The number of nitrogens with zero attached hydrogens (tertiary/aromatic N) is 1. The maximum Gasteiger partial charge on any atom is 0.417 e. The van der Waals surface area contributed by atoms with Crippen LogP contribution in [0.4, 0.5) is 17.6 Å². The van der Waals surface area contributed by atoms with Gasteiger partial charge in [-0.3, -0.25) is 0 Å². The summed E-state index contributed by atoms with van der Waals surface area (Å²) >= 11 is 5.71. The third-order valence-electron chi connectivity index (χ3n) is 2.33. The normalized spacial score (nSPS) is 11.6. The van der Waals surface area contributed by atoms with Crippen LogP contribution in [0.2, 0.25) is 5.15 Å². The predicted molar refractivity (Wildman–Crippen MR) is 59.6 cm³/mol. The quantitative estimate of drug-likeness (QED) is 0.549. The minimum Gasteiger partial charge on any atom is -0.243 e. The van der Waals surface area contributed by atoms with E-state index in [2.05, 4.69) is 4.98 Å². The Labute approximate surface area is 105 Å². The van der Waals surface area contributed by atoms with Gasteiger partial charge in [0, 0.05) is 17.3 Å². The number of pyridine rings is 1. The van der Waals surface area contributed by atoms with Gasteiger partial charge in [0.2, 0.25) is 0 Å². The fourth-order valence-electron chi connectivity index (χ4n) is 1.47. The lowest BCUT2D eigenvalue weighted by atomic mass is 10.1. The van der Waals surface area contributed by atoms with Gasteiger partial charge in [-0.2, -0.15) is 13.2 Å². The highest BCUT2D eigenvalue weighted by atomic mass is 35.5. The second-order valence-electron chi connectivity index (χ2n) is 3.54. The third kappa shape index (κ3) is 2.46. The third-order valence-corrected chi connectivity index (χ3v) is 2.63. The van der Waals surface area contributed by atoms with E-state index in [4.69, 9.17) is 11.6 Å². The van der Waals surface area contributed by atoms with E-state index >= 15 is 0 Å². The van der Waals surface area contributed by atoms with Gasteiger partial charge in [-0.05, 0) is 12.1 Å². The fourth-order valence-corrected chi connectivity index (χ4v) is 1.68. The van der Waals surface area contributed by atoms with E-state index in [-0.39, 0.29) is 16.3 Å². The predicted octanol–water partition coefficient (Wildman–Crippen LogP) is 4.56. The first-order chi connectivity index (χ1) is 8.39. The van der Waals surface area contributed by atoms with E-state index in [1.165, 1.54) is 18.2 Å². The van der Waals surface area contributed by atoms with Gasteiger partial charge in [-0.15, -0.1) is 0 Å². The minimum absolute atomic E-state index is 0.0129. The van der Waals surface area contributed by atoms with Crippen molar-refractivity contribution >= 4 is 11.6 Å². The molecule has 0 saturated heterocycles. The van der Waals surface area contributed by atoms with Gasteiger partial charge >= 0.3 is 6.18 Å². The Morgan fingerprint density at radius 1 is 1.06 bits per heavy atom. The monoisotopic (exact) mass is 275 g/mol. The molecule has 0 aliphatic carbocycles. The van der Waals surface area contributed by atoms with Crippen molar-refractivity contribution in [2.75, 3.05) is 0 Å². The topological polar surface area (TPSA) is 12.9 Å². The highest BCUT2D eigenvalue weighted by molar-refractivity contribution is 6.32. The Morgan fingerprint density at radius 3 is 2.33 bits per heavy atom. The summed E-state index contributed by atoms with van der Waals surface area (Å²) in [4.78, 5) is 3.44. The van der Waals surface area contributed by atoms with E-state index in [1.807, 2.05) is 0 Å². The molecule has 0 aliphatic heterocycles. The van der Waals surface area contributed by atoms with E-state index in [1.54, 1.807) is 0 Å². The lowest BCUT2D eigenvalue weighted by Crippen LogP contribution is -2.06. The number of hydrogen-bond donors (Lipinski definition) is 0. The lowest BCUT2D eigenvalue weighted by molar-refractivity contribution is -0.137. The molecule has 1 heterocycles. The number of halogens is 5. The Bertz CT molecular complexity index is 581. The fraction of sp³-hybridized carbons (Fsp3) is 0.0833. The first kappa shape index (κ1) is 12.8. The molecule has 2 rings (SSSR count). The molecule has 0 amide bonds. The van der Waals surface area contributed by atoms with Gasteiger partial charge in [-0.25, -0.2) is 9.37 Å². The standard InChI is InChI=1S/C12H6ClF4N/c13-11-9(8-3-1-2-4-10(8)14)5-7(6-18-11)12(15,16)17/h1-6H. The van der Waals surface area contributed by atoms with Crippen LogP contribution in [0.3, 0.4) is 0 Å². The van der Waals surface area contributed by atoms with Crippen LogP contribution < -0.4 is 0 Å². The van der Waals surface area contributed by atoms with E-state index in [9.17, 15) is 17.6 Å². The SMILES string of the molecule is Fc1ccccc1-c1cc(C(F)(F)F)cnc1Cl. The average Bonchev–Trinajstić information content (AvgIpc) is 2.29. The molecule has 0 unspecified atom stereocenters. The molecule has 1 nitrogen and oxygen atoms in total. The molecule has 1 aromatic heterocycles. The second-order valence-corrected chi connectivity index (χ2v) is 3.90.